The Morgan fingerprint density at radius 2 is 1.56 bits per heavy atom. The Kier molecular flexibility index (Phi) is 6.46. The number of hydrazine groups is 1. The first-order valence-electron chi connectivity index (χ1n) is 7.94. The van der Waals surface area contributed by atoms with Crippen molar-refractivity contribution in [2.75, 3.05) is 13.2 Å². The molecule has 1 atom stereocenters. The Bertz CT molecular complexity index is 209. The molecule has 18 heavy (non-hydrogen) atoms. The van der Waals surface area contributed by atoms with Gasteiger partial charge in [0, 0.05) is 19.3 Å². The normalized spacial score (nSPS) is 26.5. The molecule has 0 spiro atoms. The Morgan fingerprint density at radius 3 is 2.17 bits per heavy atom. The minimum Gasteiger partial charge on any atom is -0.381 e. The molecular formula is C15H30N2O. The van der Waals surface area contributed by atoms with Crippen molar-refractivity contribution in [3.63, 3.8) is 0 Å². The minimum absolute atomic E-state index is 0.534. The van der Waals surface area contributed by atoms with Gasteiger partial charge < -0.3 is 4.74 Å². The van der Waals surface area contributed by atoms with Crippen LogP contribution in [0.1, 0.15) is 64.2 Å². The van der Waals surface area contributed by atoms with E-state index >= 15 is 0 Å². The molecule has 0 aromatic carbocycles. The van der Waals surface area contributed by atoms with Gasteiger partial charge in [0.2, 0.25) is 0 Å². The summed E-state index contributed by atoms with van der Waals surface area (Å²) >= 11 is 0. The van der Waals surface area contributed by atoms with Crippen molar-refractivity contribution in [1.29, 1.82) is 0 Å². The highest BCUT2D eigenvalue weighted by Gasteiger charge is 2.25. The van der Waals surface area contributed by atoms with Gasteiger partial charge in [-0.25, -0.2) is 0 Å². The minimum atomic E-state index is 0.534. The van der Waals surface area contributed by atoms with Gasteiger partial charge in [-0.05, 0) is 43.9 Å². The highest BCUT2D eigenvalue weighted by molar-refractivity contribution is 4.80. The van der Waals surface area contributed by atoms with Crippen LogP contribution >= 0.6 is 0 Å². The highest BCUT2D eigenvalue weighted by atomic mass is 16.5. The topological polar surface area (TPSA) is 47.3 Å². The van der Waals surface area contributed by atoms with E-state index in [9.17, 15) is 0 Å². The van der Waals surface area contributed by atoms with Crippen LogP contribution < -0.4 is 11.3 Å². The molecule has 0 amide bonds. The third kappa shape index (κ3) is 4.52. The second-order valence-electron chi connectivity index (χ2n) is 6.17. The summed E-state index contributed by atoms with van der Waals surface area (Å²) in [6.45, 7) is 1.90. The number of hydrogen-bond acceptors (Lipinski definition) is 3. The fourth-order valence-electron chi connectivity index (χ4n) is 3.63. The van der Waals surface area contributed by atoms with E-state index in [1.54, 1.807) is 0 Å². The van der Waals surface area contributed by atoms with E-state index < -0.39 is 0 Å². The zero-order valence-electron chi connectivity index (χ0n) is 11.7. The van der Waals surface area contributed by atoms with Gasteiger partial charge >= 0.3 is 0 Å². The fraction of sp³-hybridized carbons (Fsp3) is 1.00. The molecule has 1 aliphatic carbocycles. The van der Waals surface area contributed by atoms with Gasteiger partial charge in [-0.3, -0.25) is 11.3 Å². The summed E-state index contributed by atoms with van der Waals surface area (Å²) in [5, 5.41) is 0. The molecule has 0 aromatic heterocycles. The smallest absolute Gasteiger partial charge is 0.0468 e. The van der Waals surface area contributed by atoms with Crippen LogP contribution in [0, 0.1) is 11.8 Å². The average Bonchev–Trinajstić information content (AvgIpc) is 2.37. The first kappa shape index (κ1) is 14.3. The van der Waals surface area contributed by atoms with Gasteiger partial charge in [0.1, 0.15) is 0 Å². The lowest BCUT2D eigenvalue weighted by atomic mass is 9.81. The standard InChI is InChI=1S/C15H30N2O/c16-17-15(12-13-8-10-18-11-9-13)14-6-4-2-1-3-5-7-14/h13-15,17H,1-12,16H2. The molecule has 1 unspecified atom stereocenters. The van der Waals surface area contributed by atoms with Gasteiger partial charge in [-0.1, -0.05) is 32.1 Å². The van der Waals surface area contributed by atoms with Crippen molar-refractivity contribution in [1.82, 2.24) is 5.43 Å². The summed E-state index contributed by atoms with van der Waals surface area (Å²) in [6, 6.07) is 0.534. The predicted octanol–water partition coefficient (Wildman–Crippen LogP) is 3.00. The van der Waals surface area contributed by atoms with Crippen LogP contribution in [0.3, 0.4) is 0 Å². The lowest BCUT2D eigenvalue weighted by Crippen LogP contribution is -2.43. The van der Waals surface area contributed by atoms with Crippen LogP contribution in [0.4, 0.5) is 0 Å². The van der Waals surface area contributed by atoms with Crippen LogP contribution in [0.5, 0.6) is 0 Å². The van der Waals surface area contributed by atoms with Crippen molar-refractivity contribution < 1.29 is 4.74 Å². The Hall–Kier alpha value is -0.120. The molecule has 2 rings (SSSR count). The van der Waals surface area contributed by atoms with E-state index in [2.05, 4.69) is 5.43 Å². The van der Waals surface area contributed by atoms with E-state index in [0.29, 0.717) is 6.04 Å². The van der Waals surface area contributed by atoms with Gasteiger partial charge in [0.05, 0.1) is 0 Å². The van der Waals surface area contributed by atoms with Crippen molar-refractivity contribution >= 4 is 0 Å². The van der Waals surface area contributed by atoms with E-state index in [1.165, 1.54) is 64.2 Å². The molecule has 106 valence electrons. The fourth-order valence-corrected chi connectivity index (χ4v) is 3.63. The molecule has 1 saturated heterocycles. The maximum atomic E-state index is 5.83. The molecule has 2 aliphatic rings. The van der Waals surface area contributed by atoms with Gasteiger partial charge in [-0.15, -0.1) is 0 Å². The molecule has 2 fully saturated rings. The van der Waals surface area contributed by atoms with Crippen molar-refractivity contribution in [2.24, 2.45) is 17.7 Å². The quantitative estimate of drug-likeness (QED) is 0.599. The second kappa shape index (κ2) is 8.13. The first-order chi connectivity index (χ1) is 8.90. The molecule has 1 heterocycles. The predicted molar refractivity (Wildman–Crippen MR) is 75.1 cm³/mol. The summed E-state index contributed by atoms with van der Waals surface area (Å²) in [5.74, 6) is 7.46. The zero-order valence-corrected chi connectivity index (χ0v) is 11.7. The lowest BCUT2D eigenvalue weighted by Gasteiger charge is -2.32. The molecule has 0 aromatic rings. The van der Waals surface area contributed by atoms with Crippen molar-refractivity contribution in [2.45, 2.75) is 70.3 Å². The third-order valence-electron chi connectivity index (χ3n) is 4.86. The molecule has 3 heteroatoms. The Balaban J connectivity index is 1.81. The largest absolute Gasteiger partial charge is 0.381 e. The molecule has 1 aliphatic heterocycles. The third-order valence-corrected chi connectivity index (χ3v) is 4.86. The molecule has 0 radical (unpaired) electrons. The molecule has 1 saturated carbocycles. The maximum absolute atomic E-state index is 5.83. The van der Waals surface area contributed by atoms with Gasteiger partial charge in [0.25, 0.3) is 0 Å². The summed E-state index contributed by atoms with van der Waals surface area (Å²) in [6.07, 6.45) is 13.5. The highest BCUT2D eigenvalue weighted by Crippen LogP contribution is 2.29. The summed E-state index contributed by atoms with van der Waals surface area (Å²) in [4.78, 5) is 0. The van der Waals surface area contributed by atoms with Crippen LogP contribution in [-0.2, 0) is 4.74 Å². The summed E-state index contributed by atoms with van der Waals surface area (Å²) in [5.41, 5.74) is 3.13. The van der Waals surface area contributed by atoms with Gasteiger partial charge in [0.15, 0.2) is 0 Å². The SMILES string of the molecule is NNC(CC1CCOCC1)C1CCCCCCC1. The van der Waals surface area contributed by atoms with E-state index in [4.69, 9.17) is 10.6 Å². The average molecular weight is 254 g/mol. The summed E-state index contributed by atoms with van der Waals surface area (Å²) < 4.78 is 5.45. The van der Waals surface area contributed by atoms with E-state index in [-0.39, 0.29) is 0 Å². The molecular weight excluding hydrogens is 224 g/mol. The van der Waals surface area contributed by atoms with E-state index in [0.717, 1.165) is 25.0 Å². The Morgan fingerprint density at radius 1 is 0.944 bits per heavy atom. The van der Waals surface area contributed by atoms with Gasteiger partial charge in [-0.2, -0.15) is 0 Å². The number of rotatable bonds is 4. The van der Waals surface area contributed by atoms with Crippen molar-refractivity contribution in [3.05, 3.63) is 0 Å². The lowest BCUT2D eigenvalue weighted by molar-refractivity contribution is 0.0568. The van der Waals surface area contributed by atoms with Crippen LogP contribution in [-0.4, -0.2) is 19.3 Å². The van der Waals surface area contributed by atoms with Crippen LogP contribution in [0.2, 0.25) is 0 Å². The van der Waals surface area contributed by atoms with Crippen molar-refractivity contribution in [3.8, 4) is 0 Å². The Labute approximate surface area is 112 Å². The maximum Gasteiger partial charge on any atom is 0.0468 e. The zero-order chi connectivity index (χ0) is 12.6. The summed E-state index contributed by atoms with van der Waals surface area (Å²) in [7, 11) is 0. The molecule has 3 nitrogen and oxygen atoms in total. The van der Waals surface area contributed by atoms with Crippen LogP contribution in [0.15, 0.2) is 0 Å². The number of nitrogens with two attached hydrogens (primary N) is 1. The second-order valence-corrected chi connectivity index (χ2v) is 6.17. The molecule has 3 N–H and O–H groups in total. The monoisotopic (exact) mass is 254 g/mol. The molecule has 0 bridgehead atoms. The van der Waals surface area contributed by atoms with E-state index in [1.807, 2.05) is 0 Å². The van der Waals surface area contributed by atoms with Crippen LogP contribution in [0.25, 0.3) is 0 Å². The number of ether oxygens (including phenoxy) is 1. The number of nitrogens with one attached hydrogen (secondary N) is 1. The number of hydrogen-bond donors (Lipinski definition) is 2. The first-order valence-corrected chi connectivity index (χ1v) is 7.94.